The van der Waals surface area contributed by atoms with Crippen molar-refractivity contribution < 1.29 is 19.1 Å². The van der Waals surface area contributed by atoms with E-state index in [1.54, 1.807) is 13.8 Å². The highest BCUT2D eigenvalue weighted by Crippen LogP contribution is 2.37. The molecule has 0 aromatic rings. The summed E-state index contributed by atoms with van der Waals surface area (Å²) < 4.78 is 10.3. The molecule has 0 saturated heterocycles. The van der Waals surface area contributed by atoms with Crippen LogP contribution in [0.25, 0.3) is 0 Å². The molecule has 0 bridgehead atoms. The summed E-state index contributed by atoms with van der Waals surface area (Å²) in [5.41, 5.74) is 0.579. The van der Waals surface area contributed by atoms with Gasteiger partial charge in [0.05, 0.1) is 0 Å². The Balaban J connectivity index is 2.64. The molecule has 1 aliphatic rings. The predicted octanol–water partition coefficient (Wildman–Crippen LogP) is 2.11. The Kier molecular flexibility index (Phi) is 3.52. The third-order valence-electron chi connectivity index (χ3n) is 2.37. The summed E-state index contributed by atoms with van der Waals surface area (Å²) in [6.45, 7) is 10.1. The van der Waals surface area contributed by atoms with E-state index in [1.807, 2.05) is 0 Å². The molecule has 0 spiro atoms. The Hall–Kier alpha value is -1.58. The van der Waals surface area contributed by atoms with Gasteiger partial charge in [0.15, 0.2) is 0 Å². The summed E-state index contributed by atoms with van der Waals surface area (Å²) in [5, 5.41) is 0. The standard InChI is InChI=1S/C12H16O4/c1-8(2)10(13)15-12(6-5-7-12)16-11(14)9(3)4/h1,3,5-7H2,2,4H3. The number of carbonyl (C=O) groups excluding carboxylic acids is 2. The van der Waals surface area contributed by atoms with Gasteiger partial charge in [0.2, 0.25) is 0 Å². The molecular weight excluding hydrogens is 208 g/mol. The molecule has 0 unspecified atom stereocenters. The Morgan fingerprint density at radius 1 is 1.00 bits per heavy atom. The quantitative estimate of drug-likeness (QED) is 0.417. The van der Waals surface area contributed by atoms with E-state index in [0.29, 0.717) is 12.8 Å². The van der Waals surface area contributed by atoms with Crippen molar-refractivity contribution in [1.29, 1.82) is 0 Å². The second kappa shape index (κ2) is 4.51. The zero-order valence-corrected chi connectivity index (χ0v) is 9.67. The van der Waals surface area contributed by atoms with Crippen molar-refractivity contribution in [2.45, 2.75) is 38.9 Å². The third kappa shape index (κ3) is 2.72. The fourth-order valence-corrected chi connectivity index (χ4v) is 1.20. The zero-order chi connectivity index (χ0) is 12.3. The summed E-state index contributed by atoms with van der Waals surface area (Å²) in [5.74, 6) is -2.16. The van der Waals surface area contributed by atoms with Gasteiger partial charge in [0.1, 0.15) is 0 Å². The van der Waals surface area contributed by atoms with Crippen molar-refractivity contribution in [2.24, 2.45) is 0 Å². The maximum Gasteiger partial charge on any atom is 0.336 e. The Morgan fingerprint density at radius 2 is 1.38 bits per heavy atom. The molecule has 1 rings (SSSR count). The van der Waals surface area contributed by atoms with Crippen LogP contribution in [0.1, 0.15) is 33.1 Å². The number of hydrogen-bond acceptors (Lipinski definition) is 4. The molecule has 88 valence electrons. The van der Waals surface area contributed by atoms with Gasteiger partial charge in [-0.2, -0.15) is 0 Å². The number of esters is 2. The molecule has 0 atom stereocenters. The molecule has 0 radical (unpaired) electrons. The van der Waals surface area contributed by atoms with E-state index in [1.165, 1.54) is 0 Å². The number of ether oxygens (including phenoxy) is 2. The maximum atomic E-state index is 11.4. The first-order valence-corrected chi connectivity index (χ1v) is 5.14. The number of hydrogen-bond donors (Lipinski definition) is 0. The van der Waals surface area contributed by atoms with Crippen molar-refractivity contribution in [3.05, 3.63) is 24.3 Å². The molecule has 0 N–H and O–H groups in total. The zero-order valence-electron chi connectivity index (χ0n) is 9.67. The molecule has 0 aromatic heterocycles. The number of carbonyl (C=O) groups is 2. The Labute approximate surface area is 94.9 Å². The van der Waals surface area contributed by atoms with Gasteiger partial charge >= 0.3 is 11.9 Å². The van der Waals surface area contributed by atoms with Gasteiger partial charge in [-0.1, -0.05) is 13.2 Å². The minimum Gasteiger partial charge on any atom is -0.419 e. The fourth-order valence-electron chi connectivity index (χ4n) is 1.20. The van der Waals surface area contributed by atoms with Crippen LogP contribution in [0.4, 0.5) is 0 Å². The lowest BCUT2D eigenvalue weighted by Gasteiger charge is -2.39. The average molecular weight is 224 g/mol. The molecule has 4 nitrogen and oxygen atoms in total. The lowest BCUT2D eigenvalue weighted by molar-refractivity contribution is -0.250. The molecule has 16 heavy (non-hydrogen) atoms. The average Bonchev–Trinajstić information content (AvgIpc) is 2.13. The predicted molar refractivity (Wildman–Crippen MR) is 58.4 cm³/mol. The first-order chi connectivity index (χ1) is 7.36. The van der Waals surface area contributed by atoms with Gasteiger partial charge in [-0.3, -0.25) is 0 Å². The van der Waals surface area contributed by atoms with Crippen molar-refractivity contribution in [3.63, 3.8) is 0 Å². The van der Waals surface area contributed by atoms with Crippen LogP contribution in [-0.2, 0) is 19.1 Å². The number of rotatable bonds is 4. The second-order valence-electron chi connectivity index (χ2n) is 4.10. The lowest BCUT2D eigenvalue weighted by Crippen LogP contribution is -2.46. The largest absolute Gasteiger partial charge is 0.419 e. The van der Waals surface area contributed by atoms with Crippen LogP contribution in [0, 0.1) is 0 Å². The van der Waals surface area contributed by atoms with Crippen LogP contribution >= 0.6 is 0 Å². The smallest absolute Gasteiger partial charge is 0.336 e. The van der Waals surface area contributed by atoms with Crippen LogP contribution < -0.4 is 0 Å². The monoisotopic (exact) mass is 224 g/mol. The first kappa shape index (κ1) is 12.5. The van der Waals surface area contributed by atoms with E-state index in [0.717, 1.165) is 6.42 Å². The highest BCUT2D eigenvalue weighted by Gasteiger charge is 2.45. The SMILES string of the molecule is C=C(C)C(=O)OC1(OC(=O)C(=C)C)CCC1. The van der Waals surface area contributed by atoms with Gasteiger partial charge < -0.3 is 9.47 Å². The van der Waals surface area contributed by atoms with Crippen LogP contribution in [-0.4, -0.2) is 17.7 Å². The maximum absolute atomic E-state index is 11.4. The molecule has 1 saturated carbocycles. The molecule has 0 aromatic carbocycles. The van der Waals surface area contributed by atoms with E-state index in [-0.39, 0.29) is 11.1 Å². The molecule has 1 fully saturated rings. The summed E-state index contributed by atoms with van der Waals surface area (Å²) in [7, 11) is 0. The van der Waals surface area contributed by atoms with Crippen LogP contribution in [0.3, 0.4) is 0 Å². The summed E-state index contributed by atoms with van der Waals surface area (Å²) in [6, 6.07) is 0. The summed E-state index contributed by atoms with van der Waals surface area (Å²) in [6.07, 6.45) is 1.93. The Morgan fingerprint density at radius 3 is 1.56 bits per heavy atom. The van der Waals surface area contributed by atoms with Crippen molar-refractivity contribution in [2.75, 3.05) is 0 Å². The molecule has 1 aliphatic carbocycles. The second-order valence-corrected chi connectivity index (χ2v) is 4.10. The van der Waals surface area contributed by atoms with Gasteiger partial charge in [-0.25, -0.2) is 9.59 Å². The first-order valence-electron chi connectivity index (χ1n) is 5.14. The minimum absolute atomic E-state index is 0.289. The molecule has 0 heterocycles. The lowest BCUT2D eigenvalue weighted by atomic mass is 9.91. The van der Waals surface area contributed by atoms with Crippen LogP contribution in [0.15, 0.2) is 24.3 Å². The van der Waals surface area contributed by atoms with Gasteiger partial charge in [-0.05, 0) is 20.3 Å². The highest BCUT2D eigenvalue weighted by atomic mass is 16.7. The topological polar surface area (TPSA) is 52.6 Å². The van der Waals surface area contributed by atoms with E-state index in [2.05, 4.69) is 13.2 Å². The fraction of sp³-hybridized carbons (Fsp3) is 0.500. The molecule has 0 amide bonds. The van der Waals surface area contributed by atoms with Crippen LogP contribution in [0.2, 0.25) is 0 Å². The Bertz CT molecular complexity index is 320. The van der Waals surface area contributed by atoms with Crippen LogP contribution in [0.5, 0.6) is 0 Å². The normalized spacial score (nSPS) is 16.9. The highest BCUT2D eigenvalue weighted by molar-refractivity contribution is 5.89. The van der Waals surface area contributed by atoms with Gasteiger partial charge in [0.25, 0.3) is 5.79 Å². The molecule has 0 aliphatic heterocycles. The van der Waals surface area contributed by atoms with E-state index < -0.39 is 17.7 Å². The molecular formula is C12H16O4. The molecule has 4 heteroatoms. The summed E-state index contributed by atoms with van der Waals surface area (Å²) in [4.78, 5) is 22.7. The van der Waals surface area contributed by atoms with Gasteiger partial charge in [0, 0.05) is 24.0 Å². The summed E-state index contributed by atoms with van der Waals surface area (Å²) >= 11 is 0. The van der Waals surface area contributed by atoms with Crippen molar-refractivity contribution >= 4 is 11.9 Å². The third-order valence-corrected chi connectivity index (χ3v) is 2.37. The van der Waals surface area contributed by atoms with Crippen molar-refractivity contribution in [1.82, 2.24) is 0 Å². The van der Waals surface area contributed by atoms with Gasteiger partial charge in [-0.15, -0.1) is 0 Å². The van der Waals surface area contributed by atoms with E-state index in [9.17, 15) is 9.59 Å². The van der Waals surface area contributed by atoms with E-state index in [4.69, 9.17) is 9.47 Å². The minimum atomic E-state index is -1.09. The van der Waals surface area contributed by atoms with Crippen molar-refractivity contribution in [3.8, 4) is 0 Å². The van der Waals surface area contributed by atoms with E-state index >= 15 is 0 Å².